The maximum Gasteiger partial charge on any atom is 0.325 e. The van der Waals surface area contributed by atoms with Crippen molar-refractivity contribution in [3.05, 3.63) is 0 Å². The molecule has 1 aliphatic heterocycles. The number of hydrogen-bond acceptors (Lipinski definition) is 3. The Morgan fingerprint density at radius 2 is 1.58 bits per heavy atom. The second-order valence-corrected chi connectivity index (χ2v) is 7.57. The summed E-state index contributed by atoms with van der Waals surface area (Å²) in [5.74, 6) is -0.415. The van der Waals surface area contributed by atoms with Crippen LogP contribution in [-0.2, 0) is 9.59 Å². The van der Waals surface area contributed by atoms with Crippen molar-refractivity contribution in [2.24, 2.45) is 0 Å². The zero-order chi connectivity index (χ0) is 17.0. The van der Waals surface area contributed by atoms with Gasteiger partial charge in [0, 0.05) is 6.04 Å². The first-order valence-corrected chi connectivity index (χ1v) is 9.54. The monoisotopic (exact) mass is 335 g/mol. The fourth-order valence-electron chi connectivity index (χ4n) is 4.33. The SMILES string of the molecule is O=C(CN1C(=O)NC2(CCCCCC2)C1=O)NC1CCCCCC1. The van der Waals surface area contributed by atoms with Crippen molar-refractivity contribution >= 4 is 17.8 Å². The molecule has 3 aliphatic rings. The highest BCUT2D eigenvalue weighted by Gasteiger charge is 2.51. The van der Waals surface area contributed by atoms with Crippen molar-refractivity contribution in [2.45, 2.75) is 88.6 Å². The van der Waals surface area contributed by atoms with Gasteiger partial charge in [0.05, 0.1) is 0 Å². The molecule has 0 atom stereocenters. The summed E-state index contributed by atoms with van der Waals surface area (Å²) >= 11 is 0. The molecule has 4 amide bonds. The molecule has 1 heterocycles. The molecule has 3 rings (SSSR count). The number of nitrogens with zero attached hydrogens (tertiary/aromatic N) is 1. The molecule has 3 fully saturated rings. The van der Waals surface area contributed by atoms with Crippen LogP contribution in [0.1, 0.15) is 77.0 Å². The number of amides is 4. The largest absolute Gasteiger partial charge is 0.352 e. The molecule has 6 heteroatoms. The Morgan fingerprint density at radius 3 is 2.21 bits per heavy atom. The Balaban J connectivity index is 1.58. The van der Waals surface area contributed by atoms with Gasteiger partial charge >= 0.3 is 6.03 Å². The van der Waals surface area contributed by atoms with Crippen LogP contribution in [-0.4, -0.2) is 40.9 Å². The van der Waals surface area contributed by atoms with Crippen molar-refractivity contribution in [3.8, 4) is 0 Å². The number of carbonyl (C=O) groups is 3. The maximum atomic E-state index is 12.8. The first-order valence-electron chi connectivity index (χ1n) is 9.54. The summed E-state index contributed by atoms with van der Waals surface area (Å²) in [6, 6.07) is -0.217. The van der Waals surface area contributed by atoms with Gasteiger partial charge < -0.3 is 10.6 Å². The number of carbonyl (C=O) groups excluding carboxylic acids is 3. The van der Waals surface area contributed by atoms with Gasteiger partial charge in [-0.2, -0.15) is 0 Å². The lowest BCUT2D eigenvalue weighted by atomic mass is 9.90. The average Bonchev–Trinajstić information content (AvgIpc) is 2.85. The molecule has 24 heavy (non-hydrogen) atoms. The molecule has 0 aromatic carbocycles. The molecule has 0 radical (unpaired) electrons. The van der Waals surface area contributed by atoms with E-state index in [0.717, 1.165) is 56.3 Å². The van der Waals surface area contributed by atoms with Gasteiger partial charge in [-0.3, -0.25) is 14.5 Å². The molecule has 2 aliphatic carbocycles. The van der Waals surface area contributed by atoms with E-state index in [1.165, 1.54) is 12.8 Å². The highest BCUT2D eigenvalue weighted by atomic mass is 16.2. The minimum Gasteiger partial charge on any atom is -0.352 e. The third-order valence-corrected chi connectivity index (χ3v) is 5.73. The van der Waals surface area contributed by atoms with Crippen molar-refractivity contribution in [1.82, 2.24) is 15.5 Å². The van der Waals surface area contributed by atoms with E-state index < -0.39 is 11.6 Å². The second kappa shape index (κ2) is 7.53. The van der Waals surface area contributed by atoms with E-state index in [0.29, 0.717) is 12.8 Å². The Hall–Kier alpha value is -1.59. The Bertz CT molecular complexity index is 490. The molecule has 2 N–H and O–H groups in total. The summed E-state index contributed by atoms with van der Waals surface area (Å²) in [4.78, 5) is 38.5. The van der Waals surface area contributed by atoms with Gasteiger partial charge in [0.25, 0.3) is 5.91 Å². The standard InChI is InChI=1S/C18H29N3O3/c22-15(19-14-9-5-1-2-6-10-14)13-21-16(23)18(20-17(21)24)11-7-3-4-8-12-18/h14H,1-13H2,(H,19,22)(H,20,24). The number of urea groups is 1. The van der Waals surface area contributed by atoms with Gasteiger partial charge in [-0.15, -0.1) is 0 Å². The summed E-state index contributed by atoms with van der Waals surface area (Å²) < 4.78 is 0. The van der Waals surface area contributed by atoms with Crippen LogP contribution >= 0.6 is 0 Å². The molecule has 0 aromatic rings. The van der Waals surface area contributed by atoms with Crippen molar-refractivity contribution < 1.29 is 14.4 Å². The van der Waals surface area contributed by atoms with E-state index in [-0.39, 0.29) is 24.4 Å². The summed E-state index contributed by atoms with van der Waals surface area (Å²) in [5.41, 5.74) is -0.754. The van der Waals surface area contributed by atoms with Gasteiger partial charge in [0.1, 0.15) is 12.1 Å². The molecule has 134 valence electrons. The van der Waals surface area contributed by atoms with Crippen molar-refractivity contribution in [3.63, 3.8) is 0 Å². The molecular weight excluding hydrogens is 306 g/mol. The highest BCUT2D eigenvalue weighted by Crippen LogP contribution is 2.32. The van der Waals surface area contributed by atoms with Gasteiger partial charge in [-0.25, -0.2) is 4.79 Å². The summed E-state index contributed by atoms with van der Waals surface area (Å²) in [6.07, 6.45) is 12.2. The normalized spacial score (nSPS) is 25.2. The minimum absolute atomic E-state index is 0.150. The van der Waals surface area contributed by atoms with Crippen LogP contribution in [0.3, 0.4) is 0 Å². The highest BCUT2D eigenvalue weighted by molar-refractivity contribution is 6.09. The average molecular weight is 335 g/mol. The minimum atomic E-state index is -0.754. The fraction of sp³-hybridized carbons (Fsp3) is 0.833. The lowest BCUT2D eigenvalue weighted by Crippen LogP contribution is -2.48. The summed E-state index contributed by atoms with van der Waals surface area (Å²) in [5, 5.41) is 5.90. The lowest BCUT2D eigenvalue weighted by Gasteiger charge is -2.24. The van der Waals surface area contributed by atoms with E-state index in [9.17, 15) is 14.4 Å². The molecular formula is C18H29N3O3. The Kier molecular flexibility index (Phi) is 5.41. The van der Waals surface area contributed by atoms with E-state index in [1.807, 2.05) is 0 Å². The summed E-state index contributed by atoms with van der Waals surface area (Å²) in [6.45, 7) is -0.150. The van der Waals surface area contributed by atoms with Gasteiger partial charge in [0.15, 0.2) is 0 Å². The van der Waals surface area contributed by atoms with Crippen LogP contribution in [0, 0.1) is 0 Å². The first-order chi connectivity index (χ1) is 11.6. The van der Waals surface area contributed by atoms with Crippen LogP contribution < -0.4 is 10.6 Å². The number of hydrogen-bond donors (Lipinski definition) is 2. The van der Waals surface area contributed by atoms with E-state index in [1.54, 1.807) is 0 Å². The molecule has 1 saturated heterocycles. The Morgan fingerprint density at radius 1 is 1.00 bits per heavy atom. The van der Waals surface area contributed by atoms with Crippen LogP contribution in [0.4, 0.5) is 4.79 Å². The molecule has 0 aromatic heterocycles. The number of imide groups is 1. The fourth-order valence-corrected chi connectivity index (χ4v) is 4.33. The second-order valence-electron chi connectivity index (χ2n) is 7.57. The maximum absolute atomic E-state index is 12.8. The van der Waals surface area contributed by atoms with Gasteiger partial charge in [0.2, 0.25) is 5.91 Å². The van der Waals surface area contributed by atoms with Crippen molar-refractivity contribution in [2.75, 3.05) is 6.54 Å². The lowest BCUT2D eigenvalue weighted by molar-refractivity contribution is -0.135. The van der Waals surface area contributed by atoms with Gasteiger partial charge in [-0.05, 0) is 25.7 Å². The molecule has 0 unspecified atom stereocenters. The number of nitrogens with one attached hydrogen (secondary N) is 2. The van der Waals surface area contributed by atoms with Crippen LogP contribution in [0.2, 0.25) is 0 Å². The van der Waals surface area contributed by atoms with Crippen LogP contribution in [0.5, 0.6) is 0 Å². The summed E-state index contributed by atoms with van der Waals surface area (Å²) in [7, 11) is 0. The zero-order valence-corrected chi connectivity index (χ0v) is 14.4. The molecule has 1 spiro atoms. The Labute approximate surface area is 143 Å². The van der Waals surface area contributed by atoms with Crippen molar-refractivity contribution in [1.29, 1.82) is 0 Å². The molecule has 0 bridgehead atoms. The van der Waals surface area contributed by atoms with Crippen LogP contribution in [0.25, 0.3) is 0 Å². The van der Waals surface area contributed by atoms with E-state index in [4.69, 9.17) is 0 Å². The predicted molar refractivity (Wildman–Crippen MR) is 90.3 cm³/mol. The van der Waals surface area contributed by atoms with Crippen LogP contribution in [0.15, 0.2) is 0 Å². The molecule has 6 nitrogen and oxygen atoms in total. The number of rotatable bonds is 3. The van der Waals surface area contributed by atoms with E-state index in [2.05, 4.69) is 10.6 Å². The third kappa shape index (κ3) is 3.73. The first kappa shape index (κ1) is 17.2. The van der Waals surface area contributed by atoms with Gasteiger partial charge in [-0.1, -0.05) is 51.4 Å². The third-order valence-electron chi connectivity index (χ3n) is 5.73. The zero-order valence-electron chi connectivity index (χ0n) is 14.4. The topological polar surface area (TPSA) is 78.5 Å². The predicted octanol–water partition coefficient (Wildman–Crippen LogP) is 2.47. The van der Waals surface area contributed by atoms with E-state index >= 15 is 0 Å². The quantitative estimate of drug-likeness (QED) is 0.614. The molecule has 2 saturated carbocycles. The smallest absolute Gasteiger partial charge is 0.325 e.